The Morgan fingerprint density at radius 3 is 2.43 bits per heavy atom. The van der Waals surface area contributed by atoms with Crippen LogP contribution in [0.3, 0.4) is 0 Å². The summed E-state index contributed by atoms with van der Waals surface area (Å²) in [5, 5.41) is 2.37. The number of nitrogens with one attached hydrogen (secondary N) is 1. The van der Waals surface area contributed by atoms with E-state index in [-0.39, 0.29) is 6.84 Å². The van der Waals surface area contributed by atoms with Crippen LogP contribution < -0.4 is 0 Å². The molecule has 3 aromatic heterocycles. The molecule has 116 valence electrons. The fourth-order valence-corrected chi connectivity index (χ4v) is 2.93. The Morgan fingerprint density at radius 2 is 1.70 bits per heavy atom. The predicted octanol–water partition coefficient (Wildman–Crippen LogP) is 5.32. The maximum absolute atomic E-state index is 4.63. The highest BCUT2D eigenvalue weighted by Crippen LogP contribution is 2.29. The Hall–Kier alpha value is -2.68. The Morgan fingerprint density at radius 1 is 0.870 bits per heavy atom. The van der Waals surface area contributed by atoms with Gasteiger partial charge in [0.2, 0.25) is 0 Å². The molecule has 3 nitrogen and oxygen atoms in total. The van der Waals surface area contributed by atoms with Crippen LogP contribution in [0.4, 0.5) is 0 Å². The van der Waals surface area contributed by atoms with Gasteiger partial charge in [0.1, 0.15) is 0 Å². The van der Waals surface area contributed by atoms with Gasteiger partial charge in [-0.05, 0) is 23.8 Å². The second kappa shape index (κ2) is 4.92. The van der Waals surface area contributed by atoms with Crippen LogP contribution in [0.1, 0.15) is 27.9 Å². The van der Waals surface area contributed by atoms with E-state index in [1.807, 2.05) is 24.7 Å². The third kappa shape index (κ3) is 2.38. The van der Waals surface area contributed by atoms with Gasteiger partial charge in [-0.25, -0.2) is 0 Å². The monoisotopic (exact) mass is 303 g/mol. The molecular formula is C20H21N3. The minimum atomic E-state index is 0. The SMILES string of the molecule is CC(C)(C)c1ccc(-c2ccc3c(c2)[nH]c2ccncc23)cn1.[HH]. The number of nitrogens with zero attached hydrogens (tertiary/aromatic N) is 2. The Bertz CT molecular complexity index is 995. The molecule has 0 bridgehead atoms. The Labute approximate surface area is 136 Å². The van der Waals surface area contributed by atoms with E-state index in [9.17, 15) is 0 Å². The summed E-state index contributed by atoms with van der Waals surface area (Å²) in [6.45, 7) is 6.54. The van der Waals surface area contributed by atoms with Crippen LogP contribution in [-0.4, -0.2) is 15.0 Å². The summed E-state index contributed by atoms with van der Waals surface area (Å²) >= 11 is 0. The number of hydrogen-bond donors (Lipinski definition) is 1. The Balaban J connectivity index is 0.00000169. The maximum atomic E-state index is 4.63. The maximum Gasteiger partial charge on any atom is 0.0495 e. The molecule has 0 saturated carbocycles. The first-order valence-corrected chi connectivity index (χ1v) is 7.85. The molecule has 0 unspecified atom stereocenters. The van der Waals surface area contributed by atoms with Crippen molar-refractivity contribution in [2.45, 2.75) is 26.2 Å². The van der Waals surface area contributed by atoms with Gasteiger partial charge >= 0.3 is 0 Å². The van der Waals surface area contributed by atoms with E-state index < -0.39 is 0 Å². The van der Waals surface area contributed by atoms with Crippen molar-refractivity contribution in [3.8, 4) is 11.1 Å². The summed E-state index contributed by atoms with van der Waals surface area (Å²) in [7, 11) is 0. The minimum absolute atomic E-state index is 0. The average molecular weight is 303 g/mol. The lowest BCUT2D eigenvalue weighted by molar-refractivity contribution is 0.569. The fraction of sp³-hybridized carbons (Fsp3) is 0.200. The molecule has 0 spiro atoms. The third-order valence-corrected chi connectivity index (χ3v) is 4.27. The van der Waals surface area contributed by atoms with Crippen LogP contribution in [-0.2, 0) is 5.41 Å². The van der Waals surface area contributed by atoms with Crippen molar-refractivity contribution in [2.75, 3.05) is 0 Å². The quantitative estimate of drug-likeness (QED) is 0.517. The van der Waals surface area contributed by atoms with Crippen molar-refractivity contribution in [3.05, 3.63) is 60.7 Å². The molecule has 0 aliphatic heterocycles. The molecule has 0 aliphatic carbocycles. The van der Waals surface area contributed by atoms with Crippen LogP contribution in [0.15, 0.2) is 55.0 Å². The third-order valence-electron chi connectivity index (χ3n) is 4.27. The van der Waals surface area contributed by atoms with Crippen LogP contribution in [0.2, 0.25) is 0 Å². The highest BCUT2D eigenvalue weighted by atomic mass is 14.7. The number of fused-ring (bicyclic) bond motifs is 3. The van der Waals surface area contributed by atoms with Crippen LogP contribution in [0.5, 0.6) is 0 Å². The van der Waals surface area contributed by atoms with Crippen molar-refractivity contribution >= 4 is 21.8 Å². The Kier molecular flexibility index (Phi) is 2.98. The topological polar surface area (TPSA) is 41.6 Å². The number of H-pyrrole nitrogens is 1. The fourth-order valence-electron chi connectivity index (χ4n) is 2.93. The van der Waals surface area contributed by atoms with E-state index in [4.69, 9.17) is 0 Å². The summed E-state index contributed by atoms with van der Waals surface area (Å²) in [6.07, 6.45) is 5.69. The number of aromatic nitrogens is 3. The smallest absolute Gasteiger partial charge is 0.0495 e. The number of benzene rings is 1. The first kappa shape index (κ1) is 13.9. The molecule has 23 heavy (non-hydrogen) atoms. The molecule has 3 heteroatoms. The van der Waals surface area contributed by atoms with Gasteiger partial charge < -0.3 is 4.98 Å². The zero-order chi connectivity index (χ0) is 16.0. The van der Waals surface area contributed by atoms with Gasteiger partial charge in [-0.3, -0.25) is 9.97 Å². The van der Waals surface area contributed by atoms with Crippen molar-refractivity contribution < 1.29 is 1.43 Å². The van der Waals surface area contributed by atoms with Gasteiger partial charge in [-0.15, -0.1) is 0 Å². The molecule has 4 aromatic rings. The summed E-state index contributed by atoms with van der Waals surface area (Å²) in [4.78, 5) is 12.3. The van der Waals surface area contributed by atoms with Crippen LogP contribution >= 0.6 is 0 Å². The lowest BCUT2D eigenvalue weighted by Gasteiger charge is -2.17. The number of hydrogen-bond acceptors (Lipinski definition) is 2. The molecule has 4 rings (SSSR count). The largest absolute Gasteiger partial charge is 0.354 e. The zero-order valence-corrected chi connectivity index (χ0v) is 13.6. The van der Waals surface area contributed by atoms with Crippen LogP contribution in [0.25, 0.3) is 32.9 Å². The van der Waals surface area contributed by atoms with E-state index in [0.717, 1.165) is 27.7 Å². The van der Waals surface area contributed by atoms with Gasteiger partial charge in [0.25, 0.3) is 0 Å². The first-order valence-electron chi connectivity index (χ1n) is 7.85. The second-order valence-corrected chi connectivity index (χ2v) is 6.99. The van der Waals surface area contributed by atoms with Crippen molar-refractivity contribution in [2.24, 2.45) is 0 Å². The van der Waals surface area contributed by atoms with Gasteiger partial charge in [0, 0.05) is 58.5 Å². The van der Waals surface area contributed by atoms with E-state index in [2.05, 4.69) is 66.1 Å². The van der Waals surface area contributed by atoms with Gasteiger partial charge in [0.05, 0.1) is 0 Å². The number of pyridine rings is 2. The summed E-state index contributed by atoms with van der Waals surface area (Å²) in [5.74, 6) is 0. The first-order chi connectivity index (χ1) is 11.0. The molecule has 0 atom stereocenters. The molecule has 1 N–H and O–H groups in total. The summed E-state index contributed by atoms with van der Waals surface area (Å²) < 4.78 is 0. The van der Waals surface area contributed by atoms with Crippen LogP contribution in [0, 0.1) is 0 Å². The second-order valence-electron chi connectivity index (χ2n) is 6.99. The van der Waals surface area contributed by atoms with E-state index in [1.165, 1.54) is 10.9 Å². The molecule has 3 heterocycles. The van der Waals surface area contributed by atoms with Gasteiger partial charge in [0.15, 0.2) is 0 Å². The van der Waals surface area contributed by atoms with Gasteiger partial charge in [-0.2, -0.15) is 0 Å². The highest BCUT2D eigenvalue weighted by Gasteiger charge is 2.15. The van der Waals surface area contributed by atoms with Crippen molar-refractivity contribution in [1.29, 1.82) is 0 Å². The molecule has 0 fully saturated rings. The van der Waals surface area contributed by atoms with E-state index in [0.29, 0.717) is 0 Å². The minimum Gasteiger partial charge on any atom is -0.354 e. The number of rotatable bonds is 1. The van der Waals surface area contributed by atoms with E-state index in [1.54, 1.807) is 0 Å². The molecule has 0 saturated heterocycles. The lowest BCUT2D eigenvalue weighted by atomic mass is 9.91. The summed E-state index contributed by atoms with van der Waals surface area (Å²) in [5.41, 5.74) is 5.74. The predicted molar refractivity (Wildman–Crippen MR) is 97.6 cm³/mol. The van der Waals surface area contributed by atoms with E-state index >= 15 is 0 Å². The molecule has 0 radical (unpaired) electrons. The molecule has 0 amide bonds. The normalized spacial score (nSPS) is 12.1. The summed E-state index contributed by atoms with van der Waals surface area (Å²) in [6, 6.07) is 12.8. The zero-order valence-electron chi connectivity index (χ0n) is 13.6. The average Bonchev–Trinajstić information content (AvgIpc) is 2.92. The van der Waals surface area contributed by atoms with Crippen molar-refractivity contribution in [1.82, 2.24) is 15.0 Å². The standard InChI is InChI=1S/C20H19N3.H2/c1-20(2,3)19-7-5-14(11-22-19)13-4-6-15-16-12-21-9-8-17(16)23-18(15)10-13;/h4-12,23H,1-3H3;1H. The molecular weight excluding hydrogens is 282 g/mol. The van der Waals surface area contributed by atoms with Crippen molar-refractivity contribution in [3.63, 3.8) is 0 Å². The van der Waals surface area contributed by atoms with Gasteiger partial charge in [-0.1, -0.05) is 39.0 Å². The highest BCUT2D eigenvalue weighted by molar-refractivity contribution is 6.07. The number of aromatic amines is 1. The molecule has 0 aliphatic rings. The molecule has 1 aromatic carbocycles. The lowest BCUT2D eigenvalue weighted by Crippen LogP contribution is -2.12.